The Bertz CT molecular complexity index is 649. The first-order chi connectivity index (χ1) is 10.6. The van der Waals surface area contributed by atoms with Gasteiger partial charge < -0.3 is 19.9 Å². The van der Waals surface area contributed by atoms with Crippen LogP contribution in [0.4, 0.5) is 0 Å². The standard InChI is InChI=1S/C16H16BrNO3S/c1-19-14-10-11(16(18)22)9-13(17)15(14)21-8-7-20-12-5-3-2-4-6-12/h2-6,9-10H,7-8H2,1H3,(H2,18,22). The lowest BCUT2D eigenvalue weighted by molar-refractivity contribution is 0.210. The Labute approximate surface area is 143 Å². The molecule has 0 aliphatic carbocycles. The predicted molar refractivity (Wildman–Crippen MR) is 94.0 cm³/mol. The molecule has 2 aromatic carbocycles. The zero-order valence-electron chi connectivity index (χ0n) is 12.0. The quantitative estimate of drug-likeness (QED) is 0.586. The van der Waals surface area contributed by atoms with Crippen LogP contribution in [0.25, 0.3) is 0 Å². The van der Waals surface area contributed by atoms with E-state index >= 15 is 0 Å². The van der Waals surface area contributed by atoms with Gasteiger partial charge in [-0.2, -0.15) is 0 Å². The van der Waals surface area contributed by atoms with E-state index in [2.05, 4.69) is 15.9 Å². The first-order valence-corrected chi connectivity index (χ1v) is 7.80. The second-order valence-corrected chi connectivity index (χ2v) is 5.66. The van der Waals surface area contributed by atoms with Crippen molar-refractivity contribution in [2.24, 2.45) is 5.73 Å². The van der Waals surface area contributed by atoms with Gasteiger partial charge in [0.15, 0.2) is 11.5 Å². The van der Waals surface area contributed by atoms with E-state index in [0.29, 0.717) is 35.3 Å². The van der Waals surface area contributed by atoms with E-state index in [4.69, 9.17) is 32.2 Å². The number of hydrogen-bond donors (Lipinski definition) is 1. The monoisotopic (exact) mass is 381 g/mol. The van der Waals surface area contributed by atoms with Crippen LogP contribution in [0.2, 0.25) is 0 Å². The molecule has 22 heavy (non-hydrogen) atoms. The highest BCUT2D eigenvalue weighted by atomic mass is 79.9. The van der Waals surface area contributed by atoms with E-state index in [1.165, 1.54) is 0 Å². The molecule has 2 rings (SSSR count). The Hall–Kier alpha value is -1.79. The van der Waals surface area contributed by atoms with Crippen LogP contribution < -0.4 is 19.9 Å². The third-order valence-corrected chi connectivity index (χ3v) is 3.68. The van der Waals surface area contributed by atoms with Crippen molar-refractivity contribution in [3.63, 3.8) is 0 Å². The molecule has 0 bridgehead atoms. The topological polar surface area (TPSA) is 53.7 Å². The van der Waals surface area contributed by atoms with Gasteiger partial charge in [-0.3, -0.25) is 0 Å². The molecule has 0 fully saturated rings. The van der Waals surface area contributed by atoms with Crippen molar-refractivity contribution in [2.75, 3.05) is 20.3 Å². The van der Waals surface area contributed by atoms with Gasteiger partial charge in [-0.15, -0.1) is 0 Å². The summed E-state index contributed by atoms with van der Waals surface area (Å²) in [6.07, 6.45) is 0. The molecule has 2 N–H and O–H groups in total. The highest BCUT2D eigenvalue weighted by Crippen LogP contribution is 2.36. The zero-order chi connectivity index (χ0) is 15.9. The fraction of sp³-hybridized carbons (Fsp3) is 0.188. The largest absolute Gasteiger partial charge is 0.493 e. The molecule has 116 valence electrons. The molecule has 0 heterocycles. The first kappa shape index (κ1) is 16.6. The summed E-state index contributed by atoms with van der Waals surface area (Å²) in [5.74, 6) is 1.97. The molecule has 0 aliphatic heterocycles. The van der Waals surface area contributed by atoms with Crippen LogP contribution in [0.3, 0.4) is 0 Å². The Morgan fingerprint density at radius 2 is 1.82 bits per heavy atom. The molecule has 0 aromatic heterocycles. The molecule has 0 saturated carbocycles. The van der Waals surface area contributed by atoms with Crippen LogP contribution in [-0.4, -0.2) is 25.3 Å². The SMILES string of the molecule is COc1cc(C(N)=S)cc(Br)c1OCCOc1ccccc1. The maximum atomic E-state index is 5.73. The summed E-state index contributed by atoms with van der Waals surface area (Å²) in [4.78, 5) is 0.304. The number of nitrogens with two attached hydrogens (primary N) is 1. The average Bonchev–Trinajstić information content (AvgIpc) is 2.53. The van der Waals surface area contributed by atoms with Crippen LogP contribution >= 0.6 is 28.1 Å². The van der Waals surface area contributed by atoms with Crippen molar-refractivity contribution in [1.82, 2.24) is 0 Å². The number of ether oxygens (including phenoxy) is 3. The molecule has 6 heteroatoms. The Balaban J connectivity index is 1.99. The maximum absolute atomic E-state index is 5.73. The van der Waals surface area contributed by atoms with Gasteiger partial charge in [0.05, 0.1) is 11.6 Å². The molecule has 0 saturated heterocycles. The summed E-state index contributed by atoms with van der Waals surface area (Å²) in [7, 11) is 1.57. The zero-order valence-corrected chi connectivity index (χ0v) is 14.4. The molecule has 0 spiro atoms. The molecule has 0 unspecified atom stereocenters. The Kier molecular flexibility index (Phi) is 6.03. The molecule has 0 aliphatic rings. The minimum Gasteiger partial charge on any atom is -0.493 e. The lowest BCUT2D eigenvalue weighted by atomic mass is 10.2. The minimum absolute atomic E-state index is 0.304. The molecular formula is C16H16BrNO3S. The van der Waals surface area contributed by atoms with Crippen molar-refractivity contribution >= 4 is 33.1 Å². The van der Waals surface area contributed by atoms with Crippen molar-refractivity contribution in [1.29, 1.82) is 0 Å². The second-order valence-electron chi connectivity index (χ2n) is 4.36. The summed E-state index contributed by atoms with van der Waals surface area (Å²) >= 11 is 8.42. The summed E-state index contributed by atoms with van der Waals surface area (Å²) < 4.78 is 17.4. The van der Waals surface area contributed by atoms with Crippen LogP contribution in [0.5, 0.6) is 17.2 Å². The van der Waals surface area contributed by atoms with Gasteiger partial charge in [-0.25, -0.2) is 0 Å². The summed E-state index contributed by atoms with van der Waals surface area (Å²) in [6.45, 7) is 0.812. The van der Waals surface area contributed by atoms with Gasteiger partial charge in [0.2, 0.25) is 0 Å². The van der Waals surface area contributed by atoms with Gasteiger partial charge in [0, 0.05) is 5.56 Å². The van der Waals surface area contributed by atoms with E-state index in [1.54, 1.807) is 19.2 Å². The Morgan fingerprint density at radius 1 is 1.14 bits per heavy atom. The average molecular weight is 382 g/mol. The molecular weight excluding hydrogens is 366 g/mol. The highest BCUT2D eigenvalue weighted by molar-refractivity contribution is 9.10. The third-order valence-electron chi connectivity index (χ3n) is 2.86. The fourth-order valence-corrected chi connectivity index (χ4v) is 2.50. The van der Waals surface area contributed by atoms with Crippen LogP contribution in [0.15, 0.2) is 46.9 Å². The van der Waals surface area contributed by atoms with Crippen molar-refractivity contribution in [3.05, 3.63) is 52.5 Å². The van der Waals surface area contributed by atoms with Gasteiger partial charge in [0.1, 0.15) is 24.0 Å². The van der Waals surface area contributed by atoms with Crippen LogP contribution in [-0.2, 0) is 0 Å². The summed E-state index contributed by atoms with van der Waals surface area (Å²) in [5, 5.41) is 0. The summed E-state index contributed by atoms with van der Waals surface area (Å²) in [6, 6.07) is 13.1. The number of hydrogen-bond acceptors (Lipinski definition) is 4. The number of rotatable bonds is 7. The number of halogens is 1. The first-order valence-electron chi connectivity index (χ1n) is 6.60. The van der Waals surface area contributed by atoms with Crippen molar-refractivity contribution < 1.29 is 14.2 Å². The highest BCUT2D eigenvalue weighted by Gasteiger charge is 2.12. The van der Waals surface area contributed by atoms with Crippen molar-refractivity contribution in [3.8, 4) is 17.2 Å². The van der Waals surface area contributed by atoms with E-state index in [-0.39, 0.29) is 0 Å². The second kappa shape index (κ2) is 8.00. The molecule has 4 nitrogen and oxygen atoms in total. The molecule has 0 atom stereocenters. The number of benzene rings is 2. The minimum atomic E-state index is 0.304. The molecule has 0 radical (unpaired) electrons. The summed E-state index contributed by atoms with van der Waals surface area (Å²) in [5.41, 5.74) is 6.35. The van der Waals surface area contributed by atoms with E-state index < -0.39 is 0 Å². The normalized spacial score (nSPS) is 10.1. The van der Waals surface area contributed by atoms with Gasteiger partial charge in [-0.1, -0.05) is 30.4 Å². The van der Waals surface area contributed by atoms with Crippen LogP contribution in [0.1, 0.15) is 5.56 Å². The van der Waals surface area contributed by atoms with E-state index in [1.807, 2.05) is 30.3 Å². The van der Waals surface area contributed by atoms with Gasteiger partial charge in [0.25, 0.3) is 0 Å². The van der Waals surface area contributed by atoms with Crippen molar-refractivity contribution in [2.45, 2.75) is 0 Å². The number of thiocarbonyl (C=S) groups is 1. The van der Waals surface area contributed by atoms with Gasteiger partial charge in [-0.05, 0) is 40.2 Å². The maximum Gasteiger partial charge on any atom is 0.175 e. The smallest absolute Gasteiger partial charge is 0.175 e. The lowest BCUT2D eigenvalue weighted by Gasteiger charge is -2.14. The fourth-order valence-electron chi connectivity index (χ4n) is 1.82. The van der Waals surface area contributed by atoms with E-state index in [9.17, 15) is 0 Å². The third kappa shape index (κ3) is 4.35. The molecule has 2 aromatic rings. The van der Waals surface area contributed by atoms with Gasteiger partial charge >= 0.3 is 0 Å². The Morgan fingerprint density at radius 3 is 2.45 bits per heavy atom. The molecule has 0 amide bonds. The number of para-hydroxylation sites is 1. The van der Waals surface area contributed by atoms with Crippen LogP contribution in [0, 0.1) is 0 Å². The van der Waals surface area contributed by atoms with E-state index in [0.717, 1.165) is 10.2 Å². The predicted octanol–water partition coefficient (Wildman–Crippen LogP) is 3.55. The number of methoxy groups -OCH3 is 1. The lowest BCUT2D eigenvalue weighted by Crippen LogP contribution is -2.12.